The highest BCUT2D eigenvalue weighted by Gasteiger charge is 2.25. The van der Waals surface area contributed by atoms with E-state index in [1.807, 2.05) is 109 Å². The van der Waals surface area contributed by atoms with Gasteiger partial charge in [0, 0.05) is 116 Å². The minimum absolute atomic E-state index is 0.234. The molecule has 6 heterocycles. The molecule has 0 radical (unpaired) electrons. The highest BCUT2D eigenvalue weighted by atomic mass is 79.9. The monoisotopic (exact) mass is 1290 g/mol. The molecule has 24 heteroatoms. The molecule has 4 aromatic heterocycles. The van der Waals surface area contributed by atoms with Crippen molar-refractivity contribution in [2.75, 3.05) is 37.1 Å². The fourth-order valence-corrected chi connectivity index (χ4v) is 11.1. The number of pyridine rings is 2. The number of benzene rings is 4. The number of nitrogens with zero attached hydrogens (tertiary/aromatic N) is 6. The molecule has 2 saturated heterocycles. The number of carbonyl (C=O) groups is 6. The van der Waals surface area contributed by atoms with Crippen molar-refractivity contribution < 1.29 is 48.3 Å². The number of hydrogen-bond donors (Lipinski definition) is 8. The highest BCUT2D eigenvalue weighted by Crippen LogP contribution is 2.33. The van der Waals surface area contributed by atoms with Crippen LogP contribution in [0, 0.1) is 0 Å². The molecule has 2 aliphatic heterocycles. The van der Waals surface area contributed by atoms with Crippen LogP contribution in [-0.4, -0.2) is 121 Å². The number of amides is 4. The fraction of sp³-hybridized carbons (Fsp3) is 0.364. The summed E-state index contributed by atoms with van der Waals surface area (Å²) >= 11 is 3.42. The first-order valence-corrected chi connectivity index (χ1v) is 31.3. The molecule has 4 amide bonds. The van der Waals surface area contributed by atoms with Gasteiger partial charge in [-0.15, -0.1) is 0 Å². The first kappa shape index (κ1) is 67.3. The standard InChI is InChI=1S/C33H38N6O4.C26H33BrN6O3.C7H7BO3/c1-3-29-27(32(37-26-11-13-43-14-12-26)28-20-36-39(4-2)33(28)38-29)19-35-31(42)17-30(41)34-18-22-7-5-9-24(15-22)25-10-6-8-23(16-25)21-40;1-3-22-20(15-29-24(35)13-23(34)28-14-17-6-5-7-18(27)12-17)25(31-19-8-10-36-11-9-19)21-16-30-33(4-2)26(21)32-22;9-5-6-2-1-3-7(4-6)8(10)11/h5-10,15-16,20-21,26H,3-4,11-14,17-19H2,1-2H3,(H,34,41)(H,35,42)(H,37,38);5-7,12,16,19H,3-4,8-11,13-15H2,1-2H3,(H,28,34)(H,29,35)(H,31,32);1-5,10-11H. The van der Waals surface area contributed by atoms with Gasteiger partial charge < -0.3 is 51.4 Å². The predicted molar refractivity (Wildman–Crippen MR) is 350 cm³/mol. The van der Waals surface area contributed by atoms with E-state index in [-0.39, 0.29) is 68.2 Å². The zero-order chi connectivity index (χ0) is 63.9. The van der Waals surface area contributed by atoms with Crippen LogP contribution >= 0.6 is 15.9 Å². The minimum atomic E-state index is -1.50. The first-order chi connectivity index (χ1) is 43.7. The second-order valence-electron chi connectivity index (χ2n) is 21.7. The molecule has 8 N–H and O–H groups in total. The van der Waals surface area contributed by atoms with Crippen LogP contribution in [0.4, 0.5) is 11.4 Å². The molecule has 8 aromatic rings. The normalized spacial score (nSPS) is 13.2. The number of rotatable bonds is 24. The van der Waals surface area contributed by atoms with Gasteiger partial charge in [0.15, 0.2) is 11.3 Å². The lowest BCUT2D eigenvalue weighted by Crippen LogP contribution is -2.32. The van der Waals surface area contributed by atoms with Crippen LogP contribution in [0.1, 0.15) is 121 Å². The average Bonchev–Trinajstić information content (AvgIpc) is 1.61. The number of halogens is 1. The third kappa shape index (κ3) is 18.7. The van der Waals surface area contributed by atoms with Crippen LogP contribution < -0.4 is 37.4 Å². The van der Waals surface area contributed by atoms with Gasteiger partial charge in [-0.2, -0.15) is 10.2 Å². The molecule has 0 atom stereocenters. The van der Waals surface area contributed by atoms with E-state index >= 15 is 0 Å². The maximum absolute atomic E-state index is 12.9. The van der Waals surface area contributed by atoms with E-state index < -0.39 is 7.12 Å². The lowest BCUT2D eigenvalue weighted by molar-refractivity contribution is -0.131. The van der Waals surface area contributed by atoms with Gasteiger partial charge in [0.05, 0.1) is 34.5 Å². The Hall–Kier alpha value is -8.68. The topological polar surface area (TPSA) is 295 Å². The van der Waals surface area contributed by atoms with Crippen LogP contribution in [-0.2, 0) is 80.8 Å². The smallest absolute Gasteiger partial charge is 0.423 e. The van der Waals surface area contributed by atoms with E-state index in [9.17, 15) is 28.8 Å². The average molecular weight is 1290 g/mol. The van der Waals surface area contributed by atoms with Crippen LogP contribution in [0.3, 0.4) is 0 Å². The molecule has 0 bridgehead atoms. The molecule has 2 aliphatic rings. The molecule has 0 unspecified atom stereocenters. The SMILES string of the molecule is CCc1nc2c(cnn2CC)c(NC2CCOCC2)c1CNC(=O)CC(=O)NCc1cccc(-c2cccc(C=O)c2)c1.CCc1nc2c(cnn2CC)c(NC2CCOCC2)c1CNC(=O)CC(=O)NCc1cccc(Br)c1.O=Cc1cccc(B(O)O)c1. The molecule has 22 nitrogen and oxygen atoms in total. The van der Waals surface area contributed by atoms with Crippen molar-refractivity contribution in [1.29, 1.82) is 0 Å². The number of hydrogen-bond acceptors (Lipinski definition) is 16. The van der Waals surface area contributed by atoms with Gasteiger partial charge in [0.25, 0.3) is 0 Å². The minimum Gasteiger partial charge on any atom is -0.423 e. The quantitative estimate of drug-likeness (QED) is 0.0168. The van der Waals surface area contributed by atoms with Crippen molar-refractivity contribution in [3.8, 4) is 11.1 Å². The summed E-state index contributed by atoms with van der Waals surface area (Å²) in [5, 5.41) is 47.2. The van der Waals surface area contributed by atoms with Crippen LogP contribution in [0.5, 0.6) is 0 Å². The van der Waals surface area contributed by atoms with Crippen molar-refractivity contribution >= 4 is 98.2 Å². The van der Waals surface area contributed by atoms with Gasteiger partial charge in [0.1, 0.15) is 25.4 Å². The zero-order valence-corrected chi connectivity index (χ0v) is 52.8. The Kier molecular flexibility index (Phi) is 25.2. The fourth-order valence-electron chi connectivity index (χ4n) is 10.6. The summed E-state index contributed by atoms with van der Waals surface area (Å²) in [6, 6.07) is 29.5. The van der Waals surface area contributed by atoms with Gasteiger partial charge in [-0.1, -0.05) is 103 Å². The molecule has 0 saturated carbocycles. The Balaban J connectivity index is 0.000000201. The maximum atomic E-state index is 12.9. The Morgan fingerprint density at radius 3 is 1.43 bits per heavy atom. The largest absolute Gasteiger partial charge is 0.488 e. The number of aromatic nitrogens is 6. The maximum Gasteiger partial charge on any atom is 0.488 e. The van der Waals surface area contributed by atoms with Gasteiger partial charge in [-0.3, -0.25) is 28.8 Å². The van der Waals surface area contributed by atoms with Crippen molar-refractivity contribution in [3.05, 3.63) is 159 Å². The van der Waals surface area contributed by atoms with Gasteiger partial charge in [0.2, 0.25) is 23.6 Å². The van der Waals surface area contributed by atoms with Crippen molar-refractivity contribution in [2.45, 2.75) is 130 Å². The molecule has 2 fully saturated rings. The summed E-state index contributed by atoms with van der Waals surface area (Å²) in [6.07, 6.45) is 9.66. The molecule has 90 heavy (non-hydrogen) atoms. The third-order valence-corrected chi connectivity index (χ3v) is 15.9. The van der Waals surface area contributed by atoms with E-state index in [2.05, 4.69) is 65.0 Å². The van der Waals surface area contributed by atoms with Crippen LogP contribution in [0.2, 0.25) is 0 Å². The zero-order valence-electron chi connectivity index (χ0n) is 51.2. The molecule has 4 aromatic carbocycles. The molecule has 0 aliphatic carbocycles. The van der Waals surface area contributed by atoms with Gasteiger partial charge in [-0.25, -0.2) is 19.3 Å². The van der Waals surface area contributed by atoms with Gasteiger partial charge in [-0.05, 0) is 104 Å². The van der Waals surface area contributed by atoms with E-state index in [0.29, 0.717) is 62.0 Å². The lowest BCUT2D eigenvalue weighted by atomic mass is 9.80. The predicted octanol–water partition coefficient (Wildman–Crippen LogP) is 7.28. The van der Waals surface area contributed by atoms with Crippen molar-refractivity contribution in [3.63, 3.8) is 0 Å². The molecular formula is C66H78BBrN12O10. The molecule has 0 spiro atoms. The number of aldehydes is 2. The summed E-state index contributed by atoms with van der Waals surface area (Å²) in [6.45, 7) is 13.7. The summed E-state index contributed by atoms with van der Waals surface area (Å²) < 4.78 is 15.8. The number of fused-ring (bicyclic) bond motifs is 2. The van der Waals surface area contributed by atoms with E-state index in [1.54, 1.807) is 18.2 Å². The van der Waals surface area contributed by atoms with E-state index in [1.165, 1.54) is 12.1 Å². The Morgan fingerprint density at radius 2 is 0.989 bits per heavy atom. The second kappa shape index (κ2) is 33.8. The summed E-state index contributed by atoms with van der Waals surface area (Å²) in [5.74, 6) is -1.37. The summed E-state index contributed by atoms with van der Waals surface area (Å²) in [7, 11) is -1.50. The number of nitrogens with one attached hydrogen (secondary N) is 6. The Bertz CT molecular complexity index is 3770. The second-order valence-corrected chi connectivity index (χ2v) is 22.6. The number of carbonyl (C=O) groups excluding carboxylic acids is 6. The van der Waals surface area contributed by atoms with E-state index in [0.717, 1.165) is 134 Å². The molecule has 10 rings (SSSR count). The highest BCUT2D eigenvalue weighted by molar-refractivity contribution is 9.10. The number of aryl methyl sites for hydroxylation is 4. The third-order valence-electron chi connectivity index (χ3n) is 15.4. The Labute approximate surface area is 532 Å². The van der Waals surface area contributed by atoms with Crippen LogP contribution in [0.25, 0.3) is 33.2 Å². The first-order valence-electron chi connectivity index (χ1n) is 30.5. The number of ether oxygens (including phenoxy) is 2. The van der Waals surface area contributed by atoms with Crippen LogP contribution in [0.15, 0.2) is 114 Å². The van der Waals surface area contributed by atoms with Gasteiger partial charge >= 0.3 is 7.12 Å². The Morgan fingerprint density at radius 1 is 0.567 bits per heavy atom. The molecular weight excluding hydrogens is 1210 g/mol. The molecule has 472 valence electrons. The number of anilines is 2. The van der Waals surface area contributed by atoms with Crippen molar-refractivity contribution in [1.82, 2.24) is 50.8 Å². The van der Waals surface area contributed by atoms with Crippen molar-refractivity contribution in [2.24, 2.45) is 0 Å². The summed E-state index contributed by atoms with van der Waals surface area (Å²) in [5.41, 5.74) is 12.3. The lowest BCUT2D eigenvalue weighted by Gasteiger charge is -2.26. The summed E-state index contributed by atoms with van der Waals surface area (Å²) in [4.78, 5) is 81.7. The van der Waals surface area contributed by atoms with E-state index in [4.69, 9.17) is 29.5 Å².